The molecule has 0 aromatic carbocycles. The van der Waals surface area contributed by atoms with Crippen molar-refractivity contribution in [2.45, 2.75) is 0 Å². The van der Waals surface area contributed by atoms with Crippen LogP contribution >= 0.6 is 23.6 Å². The van der Waals surface area contributed by atoms with Crippen molar-refractivity contribution >= 4 is 23.6 Å². The van der Waals surface area contributed by atoms with Gasteiger partial charge in [-0.25, -0.2) is 0 Å². The van der Waals surface area contributed by atoms with E-state index in [1.54, 1.807) is 23.8 Å². The molecule has 0 unspecified atom stereocenters. The fraction of sp³-hybridized carbons (Fsp3) is 0. The molecule has 4 nitrogen and oxygen atoms in total. The van der Waals surface area contributed by atoms with Gasteiger partial charge >= 0.3 is 0 Å². The highest BCUT2D eigenvalue weighted by molar-refractivity contribution is 7.73. The SMILES string of the molecule is Oc1csc(=S)n1-n1cccn1. The Bertz CT molecular complexity index is 428. The van der Waals surface area contributed by atoms with Gasteiger partial charge in [-0.2, -0.15) is 14.6 Å². The first-order chi connectivity index (χ1) is 5.79. The third-order valence-corrected chi connectivity index (χ3v) is 2.52. The van der Waals surface area contributed by atoms with Crippen LogP contribution in [0.15, 0.2) is 23.8 Å². The van der Waals surface area contributed by atoms with Crippen LogP contribution in [0.2, 0.25) is 0 Å². The highest BCUT2D eigenvalue weighted by atomic mass is 32.1. The average Bonchev–Trinajstić information content (AvgIpc) is 2.61. The number of hydrogen-bond acceptors (Lipinski definition) is 4. The molecule has 0 amide bonds. The minimum Gasteiger partial charge on any atom is -0.493 e. The molecule has 0 aliphatic carbocycles. The molecule has 0 aliphatic heterocycles. The maximum Gasteiger partial charge on any atom is 0.224 e. The van der Waals surface area contributed by atoms with Crippen LogP contribution in [-0.4, -0.2) is 19.7 Å². The van der Waals surface area contributed by atoms with Gasteiger partial charge < -0.3 is 5.11 Å². The molecular formula is C6H5N3OS2. The lowest BCUT2D eigenvalue weighted by molar-refractivity contribution is 0.390. The van der Waals surface area contributed by atoms with E-state index in [-0.39, 0.29) is 5.88 Å². The molecule has 12 heavy (non-hydrogen) atoms. The van der Waals surface area contributed by atoms with Gasteiger partial charge in [0, 0.05) is 6.20 Å². The Balaban J connectivity index is 2.68. The molecule has 0 radical (unpaired) electrons. The van der Waals surface area contributed by atoms with Gasteiger partial charge in [0.25, 0.3) is 0 Å². The Morgan fingerprint density at radius 1 is 1.58 bits per heavy atom. The van der Waals surface area contributed by atoms with Gasteiger partial charge in [0.15, 0.2) is 3.95 Å². The zero-order chi connectivity index (χ0) is 8.55. The van der Waals surface area contributed by atoms with Crippen LogP contribution in [0.25, 0.3) is 0 Å². The van der Waals surface area contributed by atoms with E-state index in [1.165, 1.54) is 20.8 Å². The van der Waals surface area contributed by atoms with E-state index >= 15 is 0 Å². The standard InChI is InChI=1S/C6H5N3OS2/c10-5-4-12-6(11)9(5)8-3-1-2-7-8/h1-4,10H. The van der Waals surface area contributed by atoms with Gasteiger partial charge in [-0.1, -0.05) is 0 Å². The summed E-state index contributed by atoms with van der Waals surface area (Å²) in [4.78, 5) is 1.48. The number of aromatic nitrogens is 3. The summed E-state index contributed by atoms with van der Waals surface area (Å²) in [5, 5.41) is 14.9. The Morgan fingerprint density at radius 3 is 2.92 bits per heavy atom. The van der Waals surface area contributed by atoms with Crippen LogP contribution in [0.1, 0.15) is 0 Å². The second kappa shape index (κ2) is 2.72. The van der Waals surface area contributed by atoms with Crippen LogP contribution in [0.4, 0.5) is 0 Å². The molecule has 0 aliphatic rings. The summed E-state index contributed by atoms with van der Waals surface area (Å²) in [6, 6.07) is 1.76. The Hall–Kier alpha value is -1.14. The van der Waals surface area contributed by atoms with E-state index < -0.39 is 0 Å². The number of hydrogen-bond donors (Lipinski definition) is 1. The molecule has 0 bridgehead atoms. The van der Waals surface area contributed by atoms with E-state index in [2.05, 4.69) is 5.10 Å². The van der Waals surface area contributed by atoms with E-state index in [4.69, 9.17) is 12.2 Å². The molecule has 0 saturated carbocycles. The van der Waals surface area contributed by atoms with E-state index in [1.807, 2.05) is 0 Å². The smallest absolute Gasteiger partial charge is 0.224 e. The lowest BCUT2D eigenvalue weighted by atomic mass is 10.8. The van der Waals surface area contributed by atoms with Gasteiger partial charge in [-0.15, -0.1) is 11.3 Å². The summed E-state index contributed by atoms with van der Waals surface area (Å²) in [6.07, 6.45) is 3.33. The summed E-state index contributed by atoms with van der Waals surface area (Å²) < 4.78 is 2.01. The van der Waals surface area contributed by atoms with Crippen molar-refractivity contribution in [1.82, 2.24) is 14.6 Å². The van der Waals surface area contributed by atoms with Crippen molar-refractivity contribution in [3.8, 4) is 5.88 Å². The molecule has 62 valence electrons. The molecule has 1 N–H and O–H groups in total. The van der Waals surface area contributed by atoms with E-state index in [0.717, 1.165) is 0 Å². The molecule has 0 spiro atoms. The van der Waals surface area contributed by atoms with Gasteiger partial charge in [0.2, 0.25) is 5.88 Å². The molecule has 6 heteroatoms. The average molecular weight is 199 g/mol. The number of rotatable bonds is 1. The number of aromatic hydroxyl groups is 1. The molecular weight excluding hydrogens is 194 g/mol. The first-order valence-corrected chi connectivity index (χ1v) is 4.47. The molecule has 0 saturated heterocycles. The van der Waals surface area contributed by atoms with Crippen LogP contribution < -0.4 is 0 Å². The number of thiazole rings is 1. The minimum atomic E-state index is 0.105. The van der Waals surface area contributed by atoms with Crippen LogP contribution in [0, 0.1) is 3.95 Å². The summed E-state index contributed by atoms with van der Waals surface area (Å²) in [7, 11) is 0. The van der Waals surface area contributed by atoms with E-state index in [0.29, 0.717) is 3.95 Å². The van der Waals surface area contributed by atoms with Crippen molar-refractivity contribution in [3.05, 3.63) is 27.8 Å². The fourth-order valence-electron chi connectivity index (χ4n) is 0.864. The lowest BCUT2D eigenvalue weighted by Gasteiger charge is -2.01. The van der Waals surface area contributed by atoms with Gasteiger partial charge in [-0.3, -0.25) is 0 Å². The highest BCUT2D eigenvalue weighted by Gasteiger charge is 2.02. The topological polar surface area (TPSA) is 43.0 Å². The monoisotopic (exact) mass is 199 g/mol. The lowest BCUT2D eigenvalue weighted by Crippen LogP contribution is -2.07. The van der Waals surface area contributed by atoms with Crippen molar-refractivity contribution in [2.75, 3.05) is 0 Å². The third-order valence-electron chi connectivity index (χ3n) is 1.35. The van der Waals surface area contributed by atoms with Gasteiger partial charge in [0.05, 0.1) is 11.6 Å². The van der Waals surface area contributed by atoms with Crippen molar-refractivity contribution in [3.63, 3.8) is 0 Å². The maximum absolute atomic E-state index is 9.35. The van der Waals surface area contributed by atoms with Crippen molar-refractivity contribution in [1.29, 1.82) is 0 Å². The predicted octanol–water partition coefficient (Wildman–Crippen LogP) is 1.49. The predicted molar refractivity (Wildman–Crippen MR) is 47.8 cm³/mol. The normalized spacial score (nSPS) is 10.3. The van der Waals surface area contributed by atoms with Gasteiger partial charge in [-0.05, 0) is 18.3 Å². The van der Waals surface area contributed by atoms with Crippen LogP contribution in [0.5, 0.6) is 5.88 Å². The molecule has 2 aromatic heterocycles. The third kappa shape index (κ3) is 1.05. The largest absolute Gasteiger partial charge is 0.493 e. The first kappa shape index (κ1) is 7.51. The fourth-order valence-corrected chi connectivity index (χ4v) is 1.77. The van der Waals surface area contributed by atoms with Crippen molar-refractivity contribution in [2.24, 2.45) is 0 Å². The molecule has 0 atom stereocenters. The summed E-state index contributed by atoms with van der Waals surface area (Å²) in [5.74, 6) is 0.105. The van der Waals surface area contributed by atoms with E-state index in [9.17, 15) is 5.11 Å². The Kier molecular flexibility index (Phi) is 1.70. The summed E-state index contributed by atoms with van der Waals surface area (Å²) in [6.45, 7) is 0. The molecule has 2 rings (SSSR count). The molecule has 2 heterocycles. The number of nitrogens with zero attached hydrogens (tertiary/aromatic N) is 3. The summed E-state index contributed by atoms with van der Waals surface area (Å²) >= 11 is 6.28. The second-order valence-electron chi connectivity index (χ2n) is 2.10. The van der Waals surface area contributed by atoms with Crippen LogP contribution in [0.3, 0.4) is 0 Å². The van der Waals surface area contributed by atoms with Crippen LogP contribution in [-0.2, 0) is 0 Å². The highest BCUT2D eigenvalue weighted by Crippen LogP contribution is 2.16. The molecule has 2 aromatic rings. The zero-order valence-electron chi connectivity index (χ0n) is 5.91. The van der Waals surface area contributed by atoms with Crippen molar-refractivity contribution < 1.29 is 5.11 Å². The quantitative estimate of drug-likeness (QED) is 0.708. The molecule has 0 fully saturated rings. The minimum absolute atomic E-state index is 0.105. The summed E-state index contributed by atoms with van der Waals surface area (Å²) in [5.41, 5.74) is 0. The van der Waals surface area contributed by atoms with Gasteiger partial charge in [0.1, 0.15) is 0 Å². The Morgan fingerprint density at radius 2 is 2.42 bits per heavy atom. The second-order valence-corrected chi connectivity index (χ2v) is 3.60. The maximum atomic E-state index is 9.35. The first-order valence-electron chi connectivity index (χ1n) is 3.19. The zero-order valence-corrected chi connectivity index (χ0v) is 7.55. The Labute approximate surface area is 77.3 Å².